The zero-order chi connectivity index (χ0) is 20.5. The molecule has 1 aromatic heterocycles. The van der Waals surface area contributed by atoms with Crippen molar-refractivity contribution < 1.29 is 19.5 Å². The molecule has 2 aliphatic heterocycles. The maximum Gasteiger partial charge on any atom is 0.290 e. The van der Waals surface area contributed by atoms with Crippen LogP contribution >= 0.6 is 0 Å². The van der Waals surface area contributed by atoms with Gasteiger partial charge in [0.1, 0.15) is 11.6 Å². The van der Waals surface area contributed by atoms with E-state index in [0.29, 0.717) is 26.1 Å². The highest BCUT2D eigenvalue weighted by Gasteiger charge is 2.36. The first-order valence-corrected chi connectivity index (χ1v) is 9.30. The van der Waals surface area contributed by atoms with Gasteiger partial charge in [-0.3, -0.25) is 14.4 Å². The van der Waals surface area contributed by atoms with E-state index in [-0.39, 0.29) is 24.2 Å². The average molecular weight is 389 g/mol. The van der Waals surface area contributed by atoms with Crippen molar-refractivity contribution in [3.05, 3.63) is 30.7 Å². The summed E-state index contributed by atoms with van der Waals surface area (Å²) in [5.41, 5.74) is 0. The predicted molar refractivity (Wildman–Crippen MR) is 104 cm³/mol. The average Bonchev–Trinajstić information content (AvgIpc) is 2.89. The van der Waals surface area contributed by atoms with Crippen LogP contribution in [0.15, 0.2) is 24.9 Å². The number of carbonyl (C=O) groups is 3. The van der Waals surface area contributed by atoms with E-state index in [1.165, 1.54) is 0 Å². The van der Waals surface area contributed by atoms with Gasteiger partial charge in [-0.15, -0.1) is 6.58 Å². The van der Waals surface area contributed by atoms with Gasteiger partial charge in [-0.1, -0.05) is 6.08 Å². The summed E-state index contributed by atoms with van der Waals surface area (Å²) in [6.07, 6.45) is 4.69. The molecule has 2 amide bonds. The fraction of sp³-hybridized carbons (Fsp3) is 0.526. The summed E-state index contributed by atoms with van der Waals surface area (Å²) in [5, 5.41) is 6.89. The standard InChI is InChI=1S/C18H25N5O2.CH2O2/c1-3-7-23-13-15(12-17(23)24)18(25)22-9-4-8-21(10-11-22)16-5-6-19-14(2)20-16;2-1-3/h3,5-6,15H,1,4,7-13H2,2H3;1H,(H,2,3). The molecule has 152 valence electrons. The summed E-state index contributed by atoms with van der Waals surface area (Å²) in [7, 11) is 0. The van der Waals surface area contributed by atoms with Crippen molar-refractivity contribution in [2.45, 2.75) is 19.8 Å². The molecule has 0 saturated carbocycles. The Balaban J connectivity index is 0.000000878. The lowest BCUT2D eigenvalue weighted by Gasteiger charge is -2.25. The molecule has 1 unspecified atom stereocenters. The van der Waals surface area contributed by atoms with E-state index < -0.39 is 0 Å². The van der Waals surface area contributed by atoms with E-state index >= 15 is 0 Å². The summed E-state index contributed by atoms with van der Waals surface area (Å²) in [5.74, 6) is 1.59. The Morgan fingerprint density at radius 2 is 2.11 bits per heavy atom. The second kappa shape index (κ2) is 10.4. The summed E-state index contributed by atoms with van der Waals surface area (Å²) < 4.78 is 0. The zero-order valence-corrected chi connectivity index (χ0v) is 16.2. The van der Waals surface area contributed by atoms with Gasteiger partial charge in [-0.2, -0.15) is 0 Å². The lowest BCUT2D eigenvalue weighted by molar-refractivity contribution is -0.135. The topological polar surface area (TPSA) is 107 Å². The molecule has 2 aliphatic rings. The second-order valence-corrected chi connectivity index (χ2v) is 6.72. The molecule has 3 heterocycles. The van der Waals surface area contributed by atoms with Crippen LogP contribution in [0.1, 0.15) is 18.7 Å². The number of likely N-dealkylation sites (tertiary alicyclic amines) is 1. The first kappa shape index (κ1) is 21.3. The molecule has 0 aromatic carbocycles. The fourth-order valence-corrected chi connectivity index (χ4v) is 3.51. The van der Waals surface area contributed by atoms with Crippen LogP contribution in [-0.2, 0) is 14.4 Å². The lowest BCUT2D eigenvalue weighted by atomic mass is 10.1. The Bertz CT molecular complexity index is 711. The molecule has 0 radical (unpaired) electrons. The van der Waals surface area contributed by atoms with Crippen LogP contribution in [0.2, 0.25) is 0 Å². The van der Waals surface area contributed by atoms with Crippen molar-refractivity contribution in [1.29, 1.82) is 0 Å². The molecule has 0 aliphatic carbocycles. The van der Waals surface area contributed by atoms with Gasteiger partial charge >= 0.3 is 0 Å². The molecule has 1 aromatic rings. The predicted octanol–water partition coefficient (Wildman–Crippen LogP) is 0.559. The van der Waals surface area contributed by atoms with Crippen LogP contribution in [0, 0.1) is 12.8 Å². The highest BCUT2D eigenvalue weighted by molar-refractivity contribution is 5.89. The summed E-state index contributed by atoms with van der Waals surface area (Å²) in [6.45, 7) is 9.33. The summed E-state index contributed by atoms with van der Waals surface area (Å²) in [6, 6.07) is 1.91. The fourth-order valence-electron chi connectivity index (χ4n) is 3.51. The summed E-state index contributed by atoms with van der Waals surface area (Å²) in [4.78, 5) is 47.6. The van der Waals surface area contributed by atoms with E-state index in [1.807, 2.05) is 17.9 Å². The van der Waals surface area contributed by atoms with Crippen LogP contribution in [0.3, 0.4) is 0 Å². The van der Waals surface area contributed by atoms with Gasteiger partial charge in [0.05, 0.1) is 5.92 Å². The molecular formula is C19H27N5O4. The third-order valence-corrected chi connectivity index (χ3v) is 4.81. The van der Waals surface area contributed by atoms with Crippen LogP contribution in [0.25, 0.3) is 0 Å². The first-order valence-electron chi connectivity index (χ1n) is 9.30. The molecule has 0 bridgehead atoms. The van der Waals surface area contributed by atoms with Crippen molar-refractivity contribution in [3.8, 4) is 0 Å². The smallest absolute Gasteiger partial charge is 0.290 e. The van der Waals surface area contributed by atoms with Crippen LogP contribution in [0.5, 0.6) is 0 Å². The maximum atomic E-state index is 12.8. The molecule has 3 rings (SSSR count). The van der Waals surface area contributed by atoms with Gasteiger partial charge in [0, 0.05) is 51.9 Å². The van der Waals surface area contributed by atoms with Gasteiger partial charge < -0.3 is 19.8 Å². The van der Waals surface area contributed by atoms with Crippen LogP contribution in [0.4, 0.5) is 5.82 Å². The number of anilines is 1. The van der Waals surface area contributed by atoms with E-state index in [1.54, 1.807) is 17.2 Å². The number of amides is 2. The van der Waals surface area contributed by atoms with Crippen molar-refractivity contribution in [2.75, 3.05) is 44.2 Å². The Morgan fingerprint density at radius 1 is 1.36 bits per heavy atom. The molecular weight excluding hydrogens is 362 g/mol. The third-order valence-electron chi connectivity index (χ3n) is 4.81. The molecule has 9 heteroatoms. The monoisotopic (exact) mass is 389 g/mol. The van der Waals surface area contributed by atoms with Crippen molar-refractivity contribution >= 4 is 24.1 Å². The highest BCUT2D eigenvalue weighted by atomic mass is 16.3. The molecule has 28 heavy (non-hydrogen) atoms. The Hall–Kier alpha value is -2.97. The number of rotatable bonds is 4. The second-order valence-electron chi connectivity index (χ2n) is 6.72. The van der Waals surface area contributed by atoms with Gasteiger partial charge in [-0.25, -0.2) is 9.97 Å². The van der Waals surface area contributed by atoms with E-state index in [0.717, 1.165) is 37.7 Å². The van der Waals surface area contributed by atoms with E-state index in [4.69, 9.17) is 9.90 Å². The van der Waals surface area contributed by atoms with Gasteiger partial charge in [-0.05, 0) is 19.4 Å². The Kier molecular flexibility index (Phi) is 7.91. The first-order chi connectivity index (χ1) is 13.5. The Morgan fingerprint density at radius 3 is 2.79 bits per heavy atom. The number of aryl methyl sites for hydroxylation is 1. The quantitative estimate of drug-likeness (QED) is 0.592. The minimum absolute atomic E-state index is 0.0474. The minimum Gasteiger partial charge on any atom is -0.483 e. The van der Waals surface area contributed by atoms with E-state index in [9.17, 15) is 9.59 Å². The zero-order valence-electron chi connectivity index (χ0n) is 16.2. The maximum absolute atomic E-state index is 12.8. The van der Waals surface area contributed by atoms with Crippen molar-refractivity contribution in [3.63, 3.8) is 0 Å². The molecule has 9 nitrogen and oxygen atoms in total. The lowest BCUT2D eigenvalue weighted by Crippen LogP contribution is -2.40. The third kappa shape index (κ3) is 5.51. The van der Waals surface area contributed by atoms with Gasteiger partial charge in [0.25, 0.3) is 6.47 Å². The molecule has 1 N–H and O–H groups in total. The molecule has 2 saturated heterocycles. The Labute approximate surface area is 164 Å². The normalized spacial score (nSPS) is 19.5. The van der Waals surface area contributed by atoms with Crippen LogP contribution in [-0.4, -0.2) is 82.4 Å². The number of nitrogens with zero attached hydrogens (tertiary/aromatic N) is 5. The van der Waals surface area contributed by atoms with Gasteiger partial charge in [0.15, 0.2) is 0 Å². The van der Waals surface area contributed by atoms with Crippen molar-refractivity contribution in [2.24, 2.45) is 5.92 Å². The van der Waals surface area contributed by atoms with E-state index in [2.05, 4.69) is 21.4 Å². The van der Waals surface area contributed by atoms with Gasteiger partial charge in [0.2, 0.25) is 11.8 Å². The molecule has 2 fully saturated rings. The van der Waals surface area contributed by atoms with Crippen LogP contribution < -0.4 is 4.90 Å². The summed E-state index contributed by atoms with van der Waals surface area (Å²) >= 11 is 0. The SMILES string of the molecule is C=CCN1CC(C(=O)N2CCCN(c3ccnc(C)n3)CC2)CC1=O.O=CO. The molecule has 1 atom stereocenters. The number of carboxylic acid groups (broad SMARTS) is 1. The number of hydrogen-bond acceptors (Lipinski definition) is 6. The molecule has 0 spiro atoms. The highest BCUT2D eigenvalue weighted by Crippen LogP contribution is 2.21. The number of carbonyl (C=O) groups excluding carboxylic acids is 2. The minimum atomic E-state index is -0.250. The number of hydrogen-bond donors (Lipinski definition) is 1. The largest absolute Gasteiger partial charge is 0.483 e. The number of aromatic nitrogens is 2. The van der Waals surface area contributed by atoms with Crippen molar-refractivity contribution in [1.82, 2.24) is 19.8 Å².